The van der Waals surface area contributed by atoms with Crippen LogP contribution in [0.3, 0.4) is 0 Å². The zero-order valence-corrected chi connectivity index (χ0v) is 11.5. The van der Waals surface area contributed by atoms with E-state index in [0.29, 0.717) is 0 Å². The molecule has 0 aliphatic heterocycles. The lowest BCUT2D eigenvalue weighted by Gasteiger charge is -2.00. The van der Waals surface area contributed by atoms with E-state index in [4.69, 9.17) is 5.73 Å². The van der Waals surface area contributed by atoms with Crippen LogP contribution < -0.4 is 5.73 Å². The van der Waals surface area contributed by atoms with E-state index in [9.17, 15) is 0 Å². The van der Waals surface area contributed by atoms with Gasteiger partial charge in [-0.25, -0.2) is 4.98 Å². The molecule has 0 saturated carbocycles. The summed E-state index contributed by atoms with van der Waals surface area (Å²) in [6.07, 6.45) is 1.22. The maximum atomic E-state index is 5.94. The Kier molecular flexibility index (Phi) is 4.45. The standard InChI is InChI=1S/C13H16N2S2/c1-2-7-16-9-13-15-12(8-17-13)10-5-3-4-6-11(10)14/h3-6,8H,2,7,9,14H2,1H3. The van der Waals surface area contributed by atoms with Gasteiger partial charge in [0.15, 0.2) is 0 Å². The van der Waals surface area contributed by atoms with Crippen LogP contribution in [0.25, 0.3) is 11.3 Å². The first kappa shape index (κ1) is 12.5. The van der Waals surface area contributed by atoms with Crippen molar-refractivity contribution in [3.8, 4) is 11.3 Å². The van der Waals surface area contributed by atoms with Gasteiger partial charge in [-0.3, -0.25) is 0 Å². The third-order valence-corrected chi connectivity index (χ3v) is 4.57. The smallest absolute Gasteiger partial charge is 0.103 e. The summed E-state index contributed by atoms with van der Waals surface area (Å²) in [5, 5.41) is 3.27. The van der Waals surface area contributed by atoms with Gasteiger partial charge in [-0.1, -0.05) is 25.1 Å². The molecule has 17 heavy (non-hydrogen) atoms. The number of anilines is 1. The first-order valence-electron chi connectivity index (χ1n) is 5.68. The molecule has 0 unspecified atom stereocenters. The van der Waals surface area contributed by atoms with Crippen LogP contribution in [0.2, 0.25) is 0 Å². The van der Waals surface area contributed by atoms with Crippen LogP contribution in [0, 0.1) is 0 Å². The van der Waals surface area contributed by atoms with Gasteiger partial charge >= 0.3 is 0 Å². The van der Waals surface area contributed by atoms with Gasteiger partial charge in [0.25, 0.3) is 0 Å². The first-order valence-corrected chi connectivity index (χ1v) is 7.71. The molecule has 0 saturated heterocycles. The van der Waals surface area contributed by atoms with Crippen LogP contribution in [0.15, 0.2) is 29.6 Å². The van der Waals surface area contributed by atoms with Gasteiger partial charge in [0, 0.05) is 22.4 Å². The molecule has 2 rings (SSSR count). The van der Waals surface area contributed by atoms with Crippen LogP contribution in [-0.2, 0) is 5.75 Å². The molecule has 2 N–H and O–H groups in total. The summed E-state index contributed by atoms with van der Waals surface area (Å²) >= 11 is 3.65. The highest BCUT2D eigenvalue weighted by Crippen LogP contribution is 2.28. The highest BCUT2D eigenvalue weighted by molar-refractivity contribution is 7.98. The lowest BCUT2D eigenvalue weighted by Crippen LogP contribution is -1.89. The number of hydrogen-bond acceptors (Lipinski definition) is 4. The molecule has 0 aliphatic carbocycles. The van der Waals surface area contributed by atoms with Crippen molar-refractivity contribution in [2.24, 2.45) is 0 Å². The Morgan fingerprint density at radius 3 is 2.94 bits per heavy atom. The van der Waals surface area contributed by atoms with Crippen molar-refractivity contribution in [3.63, 3.8) is 0 Å². The van der Waals surface area contributed by atoms with E-state index < -0.39 is 0 Å². The fourth-order valence-electron chi connectivity index (χ4n) is 1.53. The number of thioether (sulfide) groups is 1. The first-order chi connectivity index (χ1) is 8.31. The lowest BCUT2D eigenvalue weighted by atomic mass is 10.1. The number of rotatable bonds is 5. The molecule has 1 aromatic carbocycles. The van der Waals surface area contributed by atoms with E-state index in [1.165, 1.54) is 17.2 Å². The van der Waals surface area contributed by atoms with Crippen LogP contribution in [0.1, 0.15) is 18.4 Å². The molecule has 2 nitrogen and oxygen atoms in total. The van der Waals surface area contributed by atoms with Gasteiger partial charge in [0.2, 0.25) is 0 Å². The minimum atomic E-state index is 0.797. The molecule has 0 spiro atoms. The van der Waals surface area contributed by atoms with Gasteiger partial charge in [0.05, 0.1) is 5.69 Å². The Hall–Kier alpha value is -1.00. The third-order valence-electron chi connectivity index (χ3n) is 2.36. The average molecular weight is 264 g/mol. The molecule has 0 fully saturated rings. The maximum Gasteiger partial charge on any atom is 0.103 e. The minimum absolute atomic E-state index is 0.797. The monoisotopic (exact) mass is 264 g/mol. The lowest BCUT2D eigenvalue weighted by molar-refractivity contribution is 1.10. The van der Waals surface area contributed by atoms with Crippen LogP contribution >= 0.6 is 23.1 Å². The van der Waals surface area contributed by atoms with Crippen molar-refractivity contribution < 1.29 is 0 Å². The molecule has 0 amide bonds. The highest BCUT2D eigenvalue weighted by Gasteiger charge is 2.06. The molecule has 2 aromatic rings. The van der Waals surface area contributed by atoms with Crippen molar-refractivity contribution in [2.45, 2.75) is 19.1 Å². The Balaban J connectivity index is 2.10. The second-order valence-corrected chi connectivity index (χ2v) is 5.81. The van der Waals surface area contributed by atoms with Crippen LogP contribution in [0.5, 0.6) is 0 Å². The molecule has 0 bridgehead atoms. The van der Waals surface area contributed by atoms with E-state index in [-0.39, 0.29) is 0 Å². The van der Waals surface area contributed by atoms with Crippen molar-refractivity contribution >= 4 is 28.8 Å². The molecule has 90 valence electrons. The summed E-state index contributed by atoms with van der Waals surface area (Å²) in [5.74, 6) is 2.20. The largest absolute Gasteiger partial charge is 0.398 e. The Morgan fingerprint density at radius 2 is 2.18 bits per heavy atom. The summed E-state index contributed by atoms with van der Waals surface area (Å²) in [4.78, 5) is 4.63. The van der Waals surface area contributed by atoms with Crippen molar-refractivity contribution in [1.82, 2.24) is 4.98 Å². The van der Waals surface area contributed by atoms with Gasteiger partial charge in [-0.05, 0) is 18.2 Å². The Labute approximate surface area is 110 Å². The van der Waals surface area contributed by atoms with Gasteiger partial charge in [-0.15, -0.1) is 11.3 Å². The molecule has 0 aliphatic rings. The summed E-state index contributed by atoms with van der Waals surface area (Å²) < 4.78 is 0. The number of thiazole rings is 1. The van der Waals surface area contributed by atoms with Gasteiger partial charge < -0.3 is 5.73 Å². The Bertz CT molecular complexity index is 480. The van der Waals surface area contributed by atoms with E-state index in [0.717, 1.165) is 22.7 Å². The number of benzene rings is 1. The quantitative estimate of drug-likeness (QED) is 0.654. The van der Waals surface area contributed by atoms with Crippen LogP contribution in [0.4, 0.5) is 5.69 Å². The average Bonchev–Trinajstić information content (AvgIpc) is 2.79. The van der Waals surface area contributed by atoms with E-state index in [1.807, 2.05) is 36.0 Å². The molecule has 0 atom stereocenters. The second kappa shape index (κ2) is 6.07. The van der Waals surface area contributed by atoms with Crippen molar-refractivity contribution in [2.75, 3.05) is 11.5 Å². The summed E-state index contributed by atoms with van der Waals surface area (Å²) in [6, 6.07) is 7.88. The number of para-hydroxylation sites is 1. The van der Waals surface area contributed by atoms with Gasteiger partial charge in [-0.2, -0.15) is 11.8 Å². The normalized spacial score (nSPS) is 10.6. The summed E-state index contributed by atoms with van der Waals surface area (Å²) in [6.45, 7) is 2.20. The summed E-state index contributed by atoms with van der Waals surface area (Å²) in [7, 11) is 0. The molecule has 4 heteroatoms. The fraction of sp³-hybridized carbons (Fsp3) is 0.308. The zero-order valence-electron chi connectivity index (χ0n) is 9.85. The predicted octanol–water partition coefficient (Wildman–Crippen LogP) is 4.04. The zero-order chi connectivity index (χ0) is 12.1. The number of nitrogens with two attached hydrogens (primary N) is 1. The molecular weight excluding hydrogens is 248 g/mol. The van der Waals surface area contributed by atoms with Crippen molar-refractivity contribution in [3.05, 3.63) is 34.7 Å². The fourth-order valence-corrected chi connectivity index (χ4v) is 3.31. The van der Waals surface area contributed by atoms with Crippen molar-refractivity contribution in [1.29, 1.82) is 0 Å². The van der Waals surface area contributed by atoms with E-state index in [1.54, 1.807) is 11.3 Å². The number of aromatic nitrogens is 1. The second-order valence-electron chi connectivity index (χ2n) is 3.77. The minimum Gasteiger partial charge on any atom is -0.398 e. The highest BCUT2D eigenvalue weighted by atomic mass is 32.2. The van der Waals surface area contributed by atoms with E-state index in [2.05, 4.69) is 17.3 Å². The predicted molar refractivity (Wildman–Crippen MR) is 78.4 cm³/mol. The van der Waals surface area contributed by atoms with E-state index >= 15 is 0 Å². The third kappa shape index (κ3) is 3.23. The maximum absolute atomic E-state index is 5.94. The Morgan fingerprint density at radius 1 is 1.35 bits per heavy atom. The van der Waals surface area contributed by atoms with Crippen LogP contribution in [-0.4, -0.2) is 10.7 Å². The molecular formula is C13H16N2S2. The SMILES string of the molecule is CCCSCc1nc(-c2ccccc2N)cs1. The number of nitrogens with zero attached hydrogens (tertiary/aromatic N) is 1. The number of nitrogen functional groups attached to an aromatic ring is 1. The topological polar surface area (TPSA) is 38.9 Å². The molecule has 1 aromatic heterocycles. The van der Waals surface area contributed by atoms with Gasteiger partial charge in [0.1, 0.15) is 5.01 Å². The summed E-state index contributed by atoms with van der Waals surface area (Å²) in [5.41, 5.74) is 8.78. The number of hydrogen-bond donors (Lipinski definition) is 1. The molecule has 0 radical (unpaired) electrons. The molecule has 1 heterocycles.